The van der Waals surface area contributed by atoms with Crippen molar-refractivity contribution in [3.05, 3.63) is 212 Å². The van der Waals surface area contributed by atoms with Gasteiger partial charge in [0, 0.05) is 32.2 Å². The first kappa shape index (κ1) is 32.8. The van der Waals surface area contributed by atoms with Gasteiger partial charge in [0.25, 0.3) is 0 Å². The molecule has 0 radical (unpaired) electrons. The maximum atomic E-state index is 15.2. The van der Waals surface area contributed by atoms with Crippen molar-refractivity contribution in [1.82, 2.24) is 9.78 Å². The van der Waals surface area contributed by atoms with Crippen molar-refractivity contribution in [2.75, 3.05) is 0 Å². The number of rotatable bonds is 7. The highest BCUT2D eigenvalue weighted by Gasteiger charge is 2.30. The summed E-state index contributed by atoms with van der Waals surface area (Å²) in [6, 6.07) is 73.2. The lowest BCUT2D eigenvalue weighted by atomic mass is 9.90. The zero-order valence-electron chi connectivity index (χ0n) is 30.0. The maximum Gasteiger partial charge on any atom is 0.171 e. The summed E-state index contributed by atoms with van der Waals surface area (Å²) in [6.07, 6.45) is 0. The zero-order valence-corrected chi connectivity index (χ0v) is 30.9. The average Bonchev–Trinajstić information content (AvgIpc) is 3.68. The van der Waals surface area contributed by atoms with E-state index in [2.05, 4.69) is 150 Å². The number of para-hydroxylation sites is 1. The Bertz CT molecular complexity index is 2990. The van der Waals surface area contributed by atoms with Crippen molar-refractivity contribution in [1.29, 1.82) is 0 Å². The van der Waals surface area contributed by atoms with Crippen molar-refractivity contribution in [3.63, 3.8) is 0 Å². The molecule has 0 bridgehead atoms. The second-order valence-corrected chi connectivity index (χ2v) is 16.7. The minimum atomic E-state index is -3.10. The van der Waals surface area contributed by atoms with Crippen LogP contribution in [0.5, 0.6) is 0 Å². The maximum absolute atomic E-state index is 15.2. The van der Waals surface area contributed by atoms with Gasteiger partial charge < -0.3 is 4.57 Å². The van der Waals surface area contributed by atoms with E-state index in [-0.39, 0.29) is 0 Å². The van der Waals surface area contributed by atoms with E-state index in [9.17, 15) is 0 Å². The first-order valence-electron chi connectivity index (χ1n) is 18.6. The van der Waals surface area contributed by atoms with Crippen LogP contribution in [0.3, 0.4) is 0 Å². The molecule has 0 spiro atoms. The summed E-state index contributed by atoms with van der Waals surface area (Å²) in [5.41, 5.74) is 8.66. The van der Waals surface area contributed by atoms with E-state index >= 15 is 4.57 Å². The Hall–Kier alpha value is -6.80. The van der Waals surface area contributed by atoms with Crippen molar-refractivity contribution in [3.8, 4) is 39.2 Å². The van der Waals surface area contributed by atoms with Crippen LogP contribution in [0.4, 0.5) is 0 Å². The fraction of sp³-hybridized carbons (Fsp3) is 0. The molecule has 0 saturated heterocycles. The van der Waals surface area contributed by atoms with Crippen LogP contribution in [0.1, 0.15) is 0 Å². The number of nitrogens with zero attached hydrogens (tertiary/aromatic N) is 2. The third-order valence-electron chi connectivity index (χ3n) is 10.7. The van der Waals surface area contributed by atoms with E-state index in [1.807, 2.05) is 66.7 Å². The molecule has 1 heterocycles. The van der Waals surface area contributed by atoms with Crippen LogP contribution in [0.15, 0.2) is 212 Å². The molecule has 0 unspecified atom stereocenters. The Morgan fingerprint density at radius 1 is 0.400 bits per heavy atom. The molecule has 10 aromatic rings. The van der Waals surface area contributed by atoms with Crippen LogP contribution in [0, 0.1) is 0 Å². The second kappa shape index (κ2) is 13.6. The highest BCUT2D eigenvalue weighted by molar-refractivity contribution is 7.85. The fourth-order valence-electron chi connectivity index (χ4n) is 8.04. The highest BCUT2D eigenvalue weighted by Crippen LogP contribution is 2.45. The molecule has 0 aliphatic heterocycles. The highest BCUT2D eigenvalue weighted by atomic mass is 31.2. The summed E-state index contributed by atoms with van der Waals surface area (Å²) in [7, 11) is -3.10. The average molecular weight is 723 g/mol. The first-order valence-corrected chi connectivity index (χ1v) is 20.3. The van der Waals surface area contributed by atoms with Gasteiger partial charge in [-0.1, -0.05) is 182 Å². The van der Waals surface area contributed by atoms with E-state index < -0.39 is 7.14 Å². The van der Waals surface area contributed by atoms with Crippen molar-refractivity contribution < 1.29 is 4.57 Å². The van der Waals surface area contributed by atoms with Crippen LogP contribution in [-0.4, -0.2) is 9.78 Å². The Balaban J connectivity index is 1.20. The lowest BCUT2D eigenvalue weighted by Gasteiger charge is -2.20. The van der Waals surface area contributed by atoms with Gasteiger partial charge in [0.15, 0.2) is 7.14 Å². The van der Waals surface area contributed by atoms with Crippen LogP contribution in [0.25, 0.3) is 71.6 Å². The van der Waals surface area contributed by atoms with Crippen LogP contribution < -0.4 is 15.9 Å². The van der Waals surface area contributed by atoms with E-state index in [4.69, 9.17) is 5.10 Å². The van der Waals surface area contributed by atoms with Crippen LogP contribution >= 0.6 is 7.14 Å². The summed E-state index contributed by atoms with van der Waals surface area (Å²) in [5.74, 6) is 0. The molecule has 10 rings (SSSR count). The summed E-state index contributed by atoms with van der Waals surface area (Å²) in [4.78, 5) is 0. The number of aromatic nitrogens is 2. The quantitative estimate of drug-likeness (QED) is 0.154. The monoisotopic (exact) mass is 722 g/mol. The Kier molecular flexibility index (Phi) is 8.09. The third kappa shape index (κ3) is 5.60. The predicted molar refractivity (Wildman–Crippen MR) is 232 cm³/mol. The second-order valence-electron chi connectivity index (χ2n) is 13.9. The number of fused-ring (bicyclic) bond motifs is 4. The minimum Gasteiger partial charge on any atom is -0.309 e. The molecule has 0 aliphatic carbocycles. The fourth-order valence-corrected chi connectivity index (χ4v) is 10.7. The molecular weight excluding hydrogens is 688 g/mol. The van der Waals surface area contributed by atoms with Gasteiger partial charge in [-0.15, -0.1) is 0 Å². The SMILES string of the molecule is O=P(c1ccccc1)(c1ccccc1)c1ccc2cc(-c3cccc4c3cc(-c3ccccc3)c3c(-c5ccccc5)nn(-c5ccccc5)c34)ccc2c1. The third-order valence-corrected chi connectivity index (χ3v) is 13.7. The molecule has 3 nitrogen and oxygen atoms in total. The smallest absolute Gasteiger partial charge is 0.171 e. The van der Waals surface area contributed by atoms with Gasteiger partial charge in [-0.2, -0.15) is 5.10 Å². The van der Waals surface area contributed by atoms with E-state index in [1.54, 1.807) is 0 Å². The first-order chi connectivity index (χ1) is 27.2. The van der Waals surface area contributed by atoms with Gasteiger partial charge in [-0.05, 0) is 68.7 Å². The molecule has 0 aliphatic rings. The zero-order chi connectivity index (χ0) is 36.8. The molecule has 9 aromatic carbocycles. The van der Waals surface area contributed by atoms with Crippen LogP contribution in [0.2, 0.25) is 0 Å². The number of hydrogen-bond donors (Lipinski definition) is 0. The Morgan fingerprint density at radius 3 is 1.62 bits per heavy atom. The Morgan fingerprint density at radius 2 is 0.964 bits per heavy atom. The molecule has 0 amide bonds. The molecule has 0 N–H and O–H groups in total. The van der Waals surface area contributed by atoms with E-state index in [0.717, 1.165) is 87.6 Å². The number of hydrogen-bond acceptors (Lipinski definition) is 2. The Labute approximate surface area is 320 Å². The van der Waals surface area contributed by atoms with E-state index in [1.165, 1.54) is 0 Å². The van der Waals surface area contributed by atoms with Crippen molar-refractivity contribution in [2.45, 2.75) is 0 Å². The molecule has 4 heteroatoms. The van der Waals surface area contributed by atoms with Gasteiger partial charge in [0.2, 0.25) is 0 Å². The van der Waals surface area contributed by atoms with Crippen LogP contribution in [-0.2, 0) is 4.57 Å². The summed E-state index contributed by atoms with van der Waals surface area (Å²) in [6.45, 7) is 0. The summed E-state index contributed by atoms with van der Waals surface area (Å²) < 4.78 is 17.3. The van der Waals surface area contributed by atoms with Gasteiger partial charge in [-0.3, -0.25) is 0 Å². The van der Waals surface area contributed by atoms with Gasteiger partial charge in [0.1, 0.15) is 5.69 Å². The normalized spacial score (nSPS) is 11.7. The standard InChI is InChI=1S/C51H35N2OP/c54-55(42-23-12-4-13-24-42,43-25-14-5-15-26-43)44-32-31-38-33-40(30-29-39(38)34-44)45-27-16-28-46-48(45)35-47(36-17-6-1-7-18-36)49-50(37-19-8-2-9-20-37)52-53(51(46)49)41-21-10-3-11-22-41/h1-35H. The summed E-state index contributed by atoms with van der Waals surface area (Å²) in [5, 5.41) is 13.4. The molecule has 0 fully saturated rings. The predicted octanol–water partition coefficient (Wildman–Crippen LogP) is 12.0. The lowest BCUT2D eigenvalue weighted by molar-refractivity contribution is 0.592. The van der Waals surface area contributed by atoms with Gasteiger partial charge in [0.05, 0.1) is 11.2 Å². The molecule has 1 aromatic heterocycles. The topological polar surface area (TPSA) is 34.9 Å². The van der Waals surface area contributed by atoms with E-state index in [0.29, 0.717) is 0 Å². The van der Waals surface area contributed by atoms with Gasteiger partial charge >= 0.3 is 0 Å². The minimum absolute atomic E-state index is 0.827. The van der Waals surface area contributed by atoms with Crippen molar-refractivity contribution in [2.24, 2.45) is 0 Å². The number of benzene rings is 9. The van der Waals surface area contributed by atoms with Gasteiger partial charge in [-0.25, -0.2) is 4.68 Å². The molecule has 0 saturated carbocycles. The molecule has 55 heavy (non-hydrogen) atoms. The molecule has 0 atom stereocenters. The molecule has 260 valence electrons. The summed E-state index contributed by atoms with van der Waals surface area (Å²) >= 11 is 0. The van der Waals surface area contributed by atoms with Crippen molar-refractivity contribution >= 4 is 55.5 Å². The lowest BCUT2D eigenvalue weighted by Crippen LogP contribution is -2.24. The largest absolute Gasteiger partial charge is 0.309 e. The molecular formula is C51H35N2OP.